The van der Waals surface area contributed by atoms with Crippen LogP contribution >= 0.6 is 15.9 Å². The second kappa shape index (κ2) is 5.00. The Morgan fingerprint density at radius 3 is 2.88 bits per heavy atom. The predicted molar refractivity (Wildman–Crippen MR) is 68.4 cm³/mol. The van der Waals surface area contributed by atoms with Gasteiger partial charge in [0.15, 0.2) is 0 Å². The van der Waals surface area contributed by atoms with Crippen LogP contribution in [-0.4, -0.2) is 23.9 Å². The average molecular weight is 298 g/mol. The molecule has 0 aromatic heterocycles. The van der Waals surface area contributed by atoms with Crippen LogP contribution in [-0.2, 0) is 0 Å². The van der Waals surface area contributed by atoms with E-state index in [9.17, 15) is 9.18 Å². The van der Waals surface area contributed by atoms with Gasteiger partial charge in [0.2, 0.25) is 0 Å². The molecule has 4 heteroatoms. The third-order valence-electron chi connectivity index (χ3n) is 2.91. The molecule has 1 aliphatic rings. The molecule has 2 rings (SSSR count). The number of hydrogen-bond acceptors (Lipinski definition) is 1. The van der Waals surface area contributed by atoms with Crippen molar-refractivity contribution in [1.29, 1.82) is 0 Å². The molecule has 1 amide bonds. The van der Waals surface area contributed by atoms with Crippen LogP contribution in [0.5, 0.6) is 0 Å². The molecule has 0 bridgehead atoms. The van der Waals surface area contributed by atoms with Crippen LogP contribution in [0, 0.1) is 5.82 Å². The molecule has 0 atom stereocenters. The number of carbonyl (C=O) groups is 1. The van der Waals surface area contributed by atoms with Gasteiger partial charge in [0, 0.05) is 13.1 Å². The van der Waals surface area contributed by atoms with Gasteiger partial charge < -0.3 is 4.90 Å². The number of nitrogens with zero attached hydrogens (tertiary/aromatic N) is 1. The van der Waals surface area contributed by atoms with E-state index in [1.54, 1.807) is 17.0 Å². The zero-order valence-corrected chi connectivity index (χ0v) is 11.1. The quantitative estimate of drug-likeness (QED) is 0.728. The van der Waals surface area contributed by atoms with Crippen LogP contribution in [0.15, 0.2) is 34.3 Å². The van der Waals surface area contributed by atoms with E-state index >= 15 is 0 Å². The SMILES string of the molecule is CC1=CCN(C(=O)c2cccc(Br)c2F)CC1. The van der Waals surface area contributed by atoms with E-state index < -0.39 is 5.82 Å². The molecule has 0 saturated carbocycles. The molecule has 0 spiro atoms. The third-order valence-corrected chi connectivity index (χ3v) is 3.52. The summed E-state index contributed by atoms with van der Waals surface area (Å²) >= 11 is 3.09. The van der Waals surface area contributed by atoms with E-state index in [0.717, 1.165) is 6.42 Å². The lowest BCUT2D eigenvalue weighted by Crippen LogP contribution is -2.35. The van der Waals surface area contributed by atoms with Crippen molar-refractivity contribution < 1.29 is 9.18 Å². The van der Waals surface area contributed by atoms with E-state index in [1.165, 1.54) is 11.6 Å². The van der Waals surface area contributed by atoms with Gasteiger partial charge >= 0.3 is 0 Å². The lowest BCUT2D eigenvalue weighted by molar-refractivity contribution is 0.0764. The molecular formula is C13H13BrFNO. The molecule has 0 aliphatic carbocycles. The maximum atomic E-state index is 13.8. The summed E-state index contributed by atoms with van der Waals surface area (Å²) in [6, 6.07) is 4.78. The van der Waals surface area contributed by atoms with Crippen molar-refractivity contribution >= 4 is 21.8 Å². The first-order valence-corrected chi connectivity index (χ1v) is 6.28. The van der Waals surface area contributed by atoms with Crippen molar-refractivity contribution in [1.82, 2.24) is 4.90 Å². The maximum absolute atomic E-state index is 13.8. The van der Waals surface area contributed by atoms with E-state index in [0.29, 0.717) is 17.6 Å². The summed E-state index contributed by atoms with van der Waals surface area (Å²) in [5, 5.41) is 0. The number of carbonyl (C=O) groups excluding carboxylic acids is 1. The summed E-state index contributed by atoms with van der Waals surface area (Å²) in [6.07, 6.45) is 2.87. The summed E-state index contributed by atoms with van der Waals surface area (Å²) < 4.78 is 14.1. The normalized spacial score (nSPS) is 15.7. The number of benzene rings is 1. The van der Waals surface area contributed by atoms with Crippen molar-refractivity contribution in [2.75, 3.05) is 13.1 Å². The molecule has 0 N–H and O–H groups in total. The Bertz CT molecular complexity index is 484. The summed E-state index contributed by atoms with van der Waals surface area (Å²) in [7, 11) is 0. The molecule has 1 aromatic rings. The fourth-order valence-corrected chi connectivity index (χ4v) is 2.16. The zero-order valence-electron chi connectivity index (χ0n) is 9.54. The number of rotatable bonds is 1. The highest BCUT2D eigenvalue weighted by atomic mass is 79.9. The highest BCUT2D eigenvalue weighted by Crippen LogP contribution is 2.21. The van der Waals surface area contributed by atoms with E-state index in [4.69, 9.17) is 0 Å². The summed E-state index contributed by atoms with van der Waals surface area (Å²) in [6.45, 7) is 3.27. The number of halogens is 2. The van der Waals surface area contributed by atoms with Crippen molar-refractivity contribution in [2.45, 2.75) is 13.3 Å². The van der Waals surface area contributed by atoms with Crippen molar-refractivity contribution in [2.24, 2.45) is 0 Å². The zero-order chi connectivity index (χ0) is 12.4. The highest BCUT2D eigenvalue weighted by molar-refractivity contribution is 9.10. The van der Waals surface area contributed by atoms with Gasteiger partial charge in [-0.2, -0.15) is 0 Å². The first-order valence-electron chi connectivity index (χ1n) is 5.48. The Morgan fingerprint density at radius 1 is 1.47 bits per heavy atom. The van der Waals surface area contributed by atoms with Crippen LogP contribution in [0.3, 0.4) is 0 Å². The largest absolute Gasteiger partial charge is 0.335 e. The van der Waals surface area contributed by atoms with Crippen LogP contribution in [0.2, 0.25) is 0 Å². The van der Waals surface area contributed by atoms with Crippen molar-refractivity contribution in [3.05, 3.63) is 45.7 Å². The van der Waals surface area contributed by atoms with Crippen LogP contribution in [0.1, 0.15) is 23.7 Å². The Morgan fingerprint density at radius 2 is 2.24 bits per heavy atom. The second-order valence-electron chi connectivity index (χ2n) is 4.15. The summed E-state index contributed by atoms with van der Waals surface area (Å²) in [5.74, 6) is -0.726. The topological polar surface area (TPSA) is 20.3 Å². The second-order valence-corrected chi connectivity index (χ2v) is 5.01. The van der Waals surface area contributed by atoms with Gasteiger partial charge in [0.25, 0.3) is 5.91 Å². The fraction of sp³-hybridized carbons (Fsp3) is 0.308. The highest BCUT2D eigenvalue weighted by Gasteiger charge is 2.21. The molecule has 0 radical (unpaired) electrons. The molecule has 2 nitrogen and oxygen atoms in total. The molecule has 17 heavy (non-hydrogen) atoms. The lowest BCUT2D eigenvalue weighted by Gasteiger charge is -2.25. The Hall–Kier alpha value is -1.16. The molecule has 1 aliphatic heterocycles. The third kappa shape index (κ3) is 2.57. The van der Waals surface area contributed by atoms with Gasteiger partial charge in [0.05, 0.1) is 10.0 Å². The standard InChI is InChI=1S/C13H13BrFNO/c1-9-5-7-16(8-6-9)13(17)10-3-2-4-11(14)12(10)15/h2-5H,6-8H2,1H3. The lowest BCUT2D eigenvalue weighted by atomic mass is 10.1. The molecule has 0 unspecified atom stereocenters. The molecule has 0 saturated heterocycles. The predicted octanol–water partition coefficient (Wildman–Crippen LogP) is 3.38. The van der Waals surface area contributed by atoms with Crippen LogP contribution in [0.4, 0.5) is 4.39 Å². The molecule has 1 heterocycles. The van der Waals surface area contributed by atoms with Crippen LogP contribution < -0.4 is 0 Å². The average Bonchev–Trinajstić information content (AvgIpc) is 2.33. The Kier molecular flexibility index (Phi) is 3.62. The molecular weight excluding hydrogens is 285 g/mol. The molecule has 90 valence electrons. The minimum atomic E-state index is -0.483. The Labute approximate surface area is 108 Å². The molecule has 1 aromatic carbocycles. The summed E-state index contributed by atoms with van der Waals surface area (Å²) in [5.41, 5.74) is 1.41. The van der Waals surface area contributed by atoms with Gasteiger partial charge in [-0.05, 0) is 41.4 Å². The van der Waals surface area contributed by atoms with Crippen LogP contribution in [0.25, 0.3) is 0 Å². The van der Waals surface area contributed by atoms with Gasteiger partial charge in [-0.15, -0.1) is 0 Å². The van der Waals surface area contributed by atoms with E-state index in [1.807, 2.05) is 13.0 Å². The minimum absolute atomic E-state index is 0.132. The fourth-order valence-electron chi connectivity index (χ4n) is 1.79. The Balaban J connectivity index is 2.23. The van der Waals surface area contributed by atoms with Gasteiger partial charge in [-0.1, -0.05) is 17.7 Å². The summed E-state index contributed by atoms with van der Waals surface area (Å²) in [4.78, 5) is 13.8. The first kappa shape index (κ1) is 12.3. The first-order chi connectivity index (χ1) is 8.09. The van der Waals surface area contributed by atoms with Gasteiger partial charge in [-0.25, -0.2) is 4.39 Å². The van der Waals surface area contributed by atoms with E-state index in [2.05, 4.69) is 15.9 Å². The van der Waals surface area contributed by atoms with E-state index in [-0.39, 0.29) is 11.5 Å². The number of hydrogen-bond donors (Lipinski definition) is 0. The number of amides is 1. The minimum Gasteiger partial charge on any atom is -0.335 e. The maximum Gasteiger partial charge on any atom is 0.257 e. The van der Waals surface area contributed by atoms with Gasteiger partial charge in [-0.3, -0.25) is 4.79 Å². The smallest absolute Gasteiger partial charge is 0.257 e. The monoisotopic (exact) mass is 297 g/mol. The molecule has 0 fully saturated rings. The van der Waals surface area contributed by atoms with Gasteiger partial charge in [0.1, 0.15) is 5.82 Å². The van der Waals surface area contributed by atoms with Crippen molar-refractivity contribution in [3.63, 3.8) is 0 Å². The van der Waals surface area contributed by atoms with Crippen molar-refractivity contribution in [3.8, 4) is 0 Å².